The number of anilines is 1. The molecule has 0 saturated carbocycles. The molecule has 0 aliphatic carbocycles. The molecule has 2 rings (SSSR count). The number of pyridine rings is 1. The van der Waals surface area contributed by atoms with Gasteiger partial charge in [0.05, 0.1) is 7.11 Å². The van der Waals surface area contributed by atoms with Gasteiger partial charge in [-0.25, -0.2) is 0 Å². The fourth-order valence-electron chi connectivity index (χ4n) is 2.17. The number of rotatable bonds is 8. The molecular weight excluding hydrogens is 290 g/mol. The van der Waals surface area contributed by atoms with Gasteiger partial charge in [-0.3, -0.25) is 9.78 Å². The number of carbonyl (C=O) groups excluding carboxylic acids is 1. The number of aromatic nitrogens is 1. The zero-order valence-corrected chi connectivity index (χ0v) is 13.6. The number of methoxy groups -OCH3 is 1. The van der Waals surface area contributed by atoms with Gasteiger partial charge in [-0.2, -0.15) is 0 Å². The Morgan fingerprint density at radius 3 is 2.87 bits per heavy atom. The van der Waals surface area contributed by atoms with Crippen molar-refractivity contribution in [1.29, 1.82) is 0 Å². The van der Waals surface area contributed by atoms with Gasteiger partial charge in [-0.1, -0.05) is 19.1 Å². The molecule has 122 valence electrons. The molecule has 0 saturated heterocycles. The first kappa shape index (κ1) is 16.8. The summed E-state index contributed by atoms with van der Waals surface area (Å²) in [7, 11) is 1.64. The average Bonchev–Trinajstić information content (AvgIpc) is 2.60. The Labute approximate surface area is 137 Å². The van der Waals surface area contributed by atoms with Gasteiger partial charge in [-0.05, 0) is 42.7 Å². The summed E-state index contributed by atoms with van der Waals surface area (Å²) in [4.78, 5) is 16.3. The Bertz CT molecular complexity index is 644. The number of nitrogens with zero attached hydrogens (tertiary/aromatic N) is 1. The van der Waals surface area contributed by atoms with Gasteiger partial charge >= 0.3 is 0 Å². The van der Waals surface area contributed by atoms with Crippen molar-refractivity contribution in [2.45, 2.75) is 19.8 Å². The molecule has 5 nitrogen and oxygen atoms in total. The second kappa shape index (κ2) is 8.78. The van der Waals surface area contributed by atoms with Crippen molar-refractivity contribution in [2.24, 2.45) is 0 Å². The summed E-state index contributed by atoms with van der Waals surface area (Å²) in [5.74, 6) is 0.665. The van der Waals surface area contributed by atoms with Crippen molar-refractivity contribution in [2.75, 3.05) is 25.5 Å². The third-order valence-electron chi connectivity index (χ3n) is 3.41. The van der Waals surface area contributed by atoms with Gasteiger partial charge in [0.1, 0.15) is 11.4 Å². The quantitative estimate of drug-likeness (QED) is 0.786. The lowest BCUT2D eigenvalue weighted by molar-refractivity contribution is 0.0949. The van der Waals surface area contributed by atoms with Crippen LogP contribution in [0.2, 0.25) is 0 Å². The highest BCUT2D eigenvalue weighted by atomic mass is 16.5. The van der Waals surface area contributed by atoms with E-state index in [9.17, 15) is 4.79 Å². The highest BCUT2D eigenvalue weighted by Crippen LogP contribution is 2.12. The van der Waals surface area contributed by atoms with Gasteiger partial charge in [0.25, 0.3) is 5.91 Å². The van der Waals surface area contributed by atoms with Crippen LogP contribution in [0, 0.1) is 0 Å². The van der Waals surface area contributed by atoms with Crippen LogP contribution in [0.5, 0.6) is 5.75 Å². The molecule has 2 N–H and O–H groups in total. The molecule has 0 spiro atoms. The first-order valence-corrected chi connectivity index (χ1v) is 7.84. The second-order valence-electron chi connectivity index (χ2n) is 5.21. The predicted octanol–water partition coefficient (Wildman–Crippen LogP) is 2.88. The number of hydrogen-bond acceptors (Lipinski definition) is 4. The zero-order valence-electron chi connectivity index (χ0n) is 13.6. The van der Waals surface area contributed by atoms with Crippen LogP contribution in [0.3, 0.4) is 0 Å². The summed E-state index contributed by atoms with van der Waals surface area (Å²) >= 11 is 0. The van der Waals surface area contributed by atoms with E-state index in [4.69, 9.17) is 4.74 Å². The summed E-state index contributed by atoms with van der Waals surface area (Å²) in [5, 5.41) is 6.15. The highest BCUT2D eigenvalue weighted by Gasteiger charge is 2.07. The second-order valence-corrected chi connectivity index (χ2v) is 5.21. The molecular formula is C18H23N3O2. The lowest BCUT2D eigenvalue weighted by Gasteiger charge is -2.08. The van der Waals surface area contributed by atoms with E-state index in [1.54, 1.807) is 19.4 Å². The summed E-state index contributed by atoms with van der Waals surface area (Å²) in [5.41, 5.74) is 2.47. The minimum atomic E-state index is -0.159. The van der Waals surface area contributed by atoms with Gasteiger partial charge in [0.2, 0.25) is 0 Å². The van der Waals surface area contributed by atoms with Crippen LogP contribution in [0.15, 0.2) is 42.6 Å². The van der Waals surface area contributed by atoms with Crippen LogP contribution >= 0.6 is 0 Å². The lowest BCUT2D eigenvalue weighted by Crippen LogP contribution is -2.26. The number of amides is 1. The average molecular weight is 313 g/mol. The van der Waals surface area contributed by atoms with E-state index in [1.807, 2.05) is 30.3 Å². The molecule has 0 fully saturated rings. The number of nitrogens with one attached hydrogen (secondary N) is 2. The maximum absolute atomic E-state index is 12.2. The predicted molar refractivity (Wildman–Crippen MR) is 92.0 cm³/mol. The smallest absolute Gasteiger partial charge is 0.269 e. The van der Waals surface area contributed by atoms with Crippen molar-refractivity contribution in [3.05, 3.63) is 53.9 Å². The minimum Gasteiger partial charge on any atom is -0.497 e. The molecule has 0 radical (unpaired) electrons. The molecule has 0 bridgehead atoms. The Balaban J connectivity index is 1.86. The van der Waals surface area contributed by atoms with E-state index in [0.29, 0.717) is 12.2 Å². The highest BCUT2D eigenvalue weighted by molar-refractivity contribution is 5.93. The fraction of sp³-hybridized carbons (Fsp3) is 0.333. The van der Waals surface area contributed by atoms with Crippen LogP contribution in [0.25, 0.3) is 0 Å². The third kappa shape index (κ3) is 5.29. The number of hydrogen-bond donors (Lipinski definition) is 2. The lowest BCUT2D eigenvalue weighted by atomic mass is 10.1. The Hall–Kier alpha value is -2.56. The Kier molecular flexibility index (Phi) is 6.41. The summed E-state index contributed by atoms with van der Waals surface area (Å²) in [6.45, 7) is 3.53. The first-order chi connectivity index (χ1) is 11.2. The standard InChI is InChI=1S/C18H23N3O2/c1-3-9-19-15-8-11-20-17(13-15)18(22)21-10-7-14-5-4-6-16(12-14)23-2/h4-6,8,11-13H,3,7,9-10H2,1-2H3,(H,19,20)(H,21,22). The molecule has 0 atom stereocenters. The van der Waals surface area contributed by atoms with E-state index < -0.39 is 0 Å². The molecule has 1 heterocycles. The summed E-state index contributed by atoms with van der Waals surface area (Å²) < 4.78 is 5.19. The normalized spacial score (nSPS) is 10.2. The molecule has 0 aliphatic rings. The zero-order chi connectivity index (χ0) is 16.5. The molecule has 2 aromatic rings. The van der Waals surface area contributed by atoms with Crippen molar-refractivity contribution < 1.29 is 9.53 Å². The van der Waals surface area contributed by atoms with Crippen LogP contribution in [0.4, 0.5) is 5.69 Å². The third-order valence-corrected chi connectivity index (χ3v) is 3.41. The van der Waals surface area contributed by atoms with E-state index in [0.717, 1.165) is 36.4 Å². The van der Waals surface area contributed by atoms with Gasteiger partial charge in [0, 0.05) is 25.0 Å². The Morgan fingerprint density at radius 2 is 2.09 bits per heavy atom. The fourth-order valence-corrected chi connectivity index (χ4v) is 2.17. The molecule has 1 amide bonds. The van der Waals surface area contributed by atoms with E-state index in [1.165, 1.54) is 0 Å². The van der Waals surface area contributed by atoms with E-state index in [2.05, 4.69) is 22.5 Å². The van der Waals surface area contributed by atoms with Crippen molar-refractivity contribution in [3.8, 4) is 5.75 Å². The van der Waals surface area contributed by atoms with Crippen LogP contribution in [-0.4, -0.2) is 31.1 Å². The largest absolute Gasteiger partial charge is 0.497 e. The number of benzene rings is 1. The van der Waals surface area contributed by atoms with Crippen LogP contribution < -0.4 is 15.4 Å². The summed E-state index contributed by atoms with van der Waals surface area (Å²) in [6, 6.07) is 11.5. The van der Waals surface area contributed by atoms with Crippen molar-refractivity contribution in [1.82, 2.24) is 10.3 Å². The molecule has 23 heavy (non-hydrogen) atoms. The first-order valence-electron chi connectivity index (χ1n) is 7.84. The maximum atomic E-state index is 12.2. The SMILES string of the molecule is CCCNc1ccnc(C(=O)NCCc2cccc(OC)c2)c1. The van der Waals surface area contributed by atoms with Crippen LogP contribution in [0.1, 0.15) is 29.4 Å². The number of carbonyl (C=O) groups is 1. The van der Waals surface area contributed by atoms with Crippen molar-refractivity contribution in [3.63, 3.8) is 0 Å². The van der Waals surface area contributed by atoms with Gasteiger partial charge < -0.3 is 15.4 Å². The maximum Gasteiger partial charge on any atom is 0.269 e. The van der Waals surface area contributed by atoms with Gasteiger partial charge in [0.15, 0.2) is 0 Å². The number of ether oxygens (including phenoxy) is 1. The molecule has 0 aliphatic heterocycles. The van der Waals surface area contributed by atoms with Gasteiger partial charge in [-0.15, -0.1) is 0 Å². The molecule has 1 aromatic carbocycles. The van der Waals surface area contributed by atoms with E-state index >= 15 is 0 Å². The summed E-state index contributed by atoms with van der Waals surface area (Å²) in [6.07, 6.45) is 3.43. The molecule has 0 unspecified atom stereocenters. The minimum absolute atomic E-state index is 0.159. The monoisotopic (exact) mass is 313 g/mol. The molecule has 1 aromatic heterocycles. The van der Waals surface area contributed by atoms with Crippen LogP contribution in [-0.2, 0) is 6.42 Å². The van der Waals surface area contributed by atoms with E-state index in [-0.39, 0.29) is 5.91 Å². The van der Waals surface area contributed by atoms with Crippen molar-refractivity contribution >= 4 is 11.6 Å². The molecule has 5 heteroatoms. The topological polar surface area (TPSA) is 63.2 Å². The Morgan fingerprint density at radius 1 is 1.22 bits per heavy atom.